The molecular formula is C18H21Cl2N3O3S. The number of sulfonamides is 1. The minimum Gasteiger partial charge on any atom is -0.376 e. The maximum atomic E-state index is 12.4. The van der Waals surface area contributed by atoms with Crippen LogP contribution in [-0.4, -0.2) is 38.3 Å². The Hall–Kier alpha value is -1.80. The number of benzene rings is 2. The summed E-state index contributed by atoms with van der Waals surface area (Å²) in [4.78, 5) is 12.3. The molecule has 146 valence electrons. The molecule has 9 heteroatoms. The third-order valence-corrected chi connectivity index (χ3v) is 6.66. The number of nitrogens with one attached hydrogen (secondary N) is 2. The van der Waals surface area contributed by atoms with Crippen LogP contribution in [0.3, 0.4) is 0 Å². The van der Waals surface area contributed by atoms with Crippen molar-refractivity contribution in [2.24, 2.45) is 0 Å². The van der Waals surface area contributed by atoms with Crippen molar-refractivity contribution in [3.8, 4) is 0 Å². The van der Waals surface area contributed by atoms with Crippen LogP contribution in [0.15, 0.2) is 47.4 Å². The summed E-state index contributed by atoms with van der Waals surface area (Å²) >= 11 is 11.8. The van der Waals surface area contributed by atoms with E-state index in [-0.39, 0.29) is 17.3 Å². The largest absolute Gasteiger partial charge is 0.376 e. The molecule has 6 nitrogen and oxygen atoms in total. The maximum Gasteiger partial charge on any atom is 0.243 e. The average Bonchev–Trinajstić information content (AvgIpc) is 2.64. The number of amides is 1. The minimum absolute atomic E-state index is 0.0253. The Morgan fingerprint density at radius 3 is 2.11 bits per heavy atom. The molecule has 2 rings (SSSR count). The van der Waals surface area contributed by atoms with Crippen molar-refractivity contribution < 1.29 is 13.2 Å². The molecule has 0 atom stereocenters. The van der Waals surface area contributed by atoms with Gasteiger partial charge in [0.2, 0.25) is 15.9 Å². The Labute approximate surface area is 169 Å². The molecule has 2 aromatic carbocycles. The SMILES string of the molecule is CCN(CC)S(=O)(=O)c1ccc(NC(=O)CNc2ccc(Cl)c(Cl)c2)cc1. The van der Waals surface area contributed by atoms with E-state index in [0.717, 1.165) is 0 Å². The van der Waals surface area contributed by atoms with Gasteiger partial charge in [-0.15, -0.1) is 0 Å². The molecule has 2 N–H and O–H groups in total. The molecule has 0 fully saturated rings. The average molecular weight is 430 g/mol. The van der Waals surface area contributed by atoms with Crippen molar-refractivity contribution in [2.75, 3.05) is 30.3 Å². The second kappa shape index (κ2) is 9.41. The van der Waals surface area contributed by atoms with Crippen molar-refractivity contribution in [3.05, 3.63) is 52.5 Å². The Kier molecular flexibility index (Phi) is 7.49. The summed E-state index contributed by atoms with van der Waals surface area (Å²) in [6.45, 7) is 4.40. The fraction of sp³-hybridized carbons (Fsp3) is 0.278. The van der Waals surface area contributed by atoms with Gasteiger partial charge in [0.05, 0.1) is 21.5 Å². The summed E-state index contributed by atoms with van der Waals surface area (Å²) in [7, 11) is -3.52. The van der Waals surface area contributed by atoms with Crippen molar-refractivity contribution in [1.29, 1.82) is 0 Å². The monoisotopic (exact) mass is 429 g/mol. The van der Waals surface area contributed by atoms with Gasteiger partial charge in [-0.1, -0.05) is 37.0 Å². The first kappa shape index (κ1) is 21.5. The highest BCUT2D eigenvalue weighted by atomic mass is 35.5. The first-order chi connectivity index (χ1) is 12.8. The fourth-order valence-electron chi connectivity index (χ4n) is 2.42. The lowest BCUT2D eigenvalue weighted by Crippen LogP contribution is -2.30. The second-order valence-corrected chi connectivity index (χ2v) is 8.40. The first-order valence-corrected chi connectivity index (χ1v) is 10.6. The highest BCUT2D eigenvalue weighted by molar-refractivity contribution is 7.89. The van der Waals surface area contributed by atoms with E-state index in [4.69, 9.17) is 23.2 Å². The summed E-state index contributed by atoms with van der Waals surface area (Å²) in [6.07, 6.45) is 0. The number of rotatable bonds is 8. The van der Waals surface area contributed by atoms with Gasteiger partial charge in [0.1, 0.15) is 0 Å². The molecule has 0 aliphatic heterocycles. The molecule has 0 aliphatic carbocycles. The first-order valence-electron chi connectivity index (χ1n) is 8.37. The lowest BCUT2D eigenvalue weighted by Gasteiger charge is -2.18. The van der Waals surface area contributed by atoms with E-state index in [1.54, 1.807) is 44.2 Å². The maximum absolute atomic E-state index is 12.4. The topological polar surface area (TPSA) is 78.5 Å². The predicted octanol–water partition coefficient (Wildman–Crippen LogP) is 4.07. The zero-order valence-electron chi connectivity index (χ0n) is 15.0. The Bertz CT molecular complexity index is 899. The van der Waals surface area contributed by atoms with Crippen LogP contribution in [0.1, 0.15) is 13.8 Å². The molecule has 0 aromatic heterocycles. The van der Waals surface area contributed by atoms with Crippen LogP contribution in [0.2, 0.25) is 10.0 Å². The Morgan fingerprint density at radius 2 is 1.56 bits per heavy atom. The highest BCUT2D eigenvalue weighted by Crippen LogP contribution is 2.25. The summed E-state index contributed by atoms with van der Waals surface area (Å²) in [6, 6.07) is 11.1. The lowest BCUT2D eigenvalue weighted by atomic mass is 10.3. The number of nitrogens with zero attached hydrogens (tertiary/aromatic N) is 1. The van der Waals surface area contributed by atoms with Crippen LogP contribution in [0.25, 0.3) is 0 Å². The molecule has 27 heavy (non-hydrogen) atoms. The summed E-state index contributed by atoms with van der Waals surface area (Å²) in [5.74, 6) is -0.277. The number of hydrogen-bond donors (Lipinski definition) is 2. The summed E-state index contributed by atoms with van der Waals surface area (Å²) in [5, 5.41) is 6.48. The Balaban J connectivity index is 1.97. The van der Waals surface area contributed by atoms with Gasteiger partial charge >= 0.3 is 0 Å². The number of halogens is 2. The van der Waals surface area contributed by atoms with Gasteiger partial charge in [0.15, 0.2) is 0 Å². The molecule has 2 aromatic rings. The minimum atomic E-state index is -3.52. The van der Waals surface area contributed by atoms with Crippen molar-refractivity contribution in [2.45, 2.75) is 18.7 Å². The highest BCUT2D eigenvalue weighted by Gasteiger charge is 2.21. The normalized spacial score (nSPS) is 11.4. The number of carbonyl (C=O) groups excluding carboxylic acids is 1. The van der Waals surface area contributed by atoms with Crippen molar-refractivity contribution >= 4 is 50.5 Å². The molecule has 0 spiro atoms. The van der Waals surface area contributed by atoms with Crippen LogP contribution in [0, 0.1) is 0 Å². The lowest BCUT2D eigenvalue weighted by molar-refractivity contribution is -0.114. The standard InChI is InChI=1S/C18H21Cl2N3O3S/c1-3-23(4-2)27(25,26)15-8-5-13(6-9-15)22-18(24)12-21-14-7-10-16(19)17(20)11-14/h5-11,21H,3-4,12H2,1-2H3,(H,22,24). The molecule has 0 heterocycles. The summed E-state index contributed by atoms with van der Waals surface area (Å²) < 4.78 is 26.3. The van der Waals surface area contributed by atoms with Crippen LogP contribution < -0.4 is 10.6 Å². The molecule has 1 amide bonds. The second-order valence-electron chi connectivity index (χ2n) is 5.64. The van der Waals surface area contributed by atoms with E-state index in [1.807, 2.05) is 0 Å². The van der Waals surface area contributed by atoms with Gasteiger partial charge in [0, 0.05) is 24.5 Å². The Morgan fingerprint density at radius 1 is 0.963 bits per heavy atom. The van der Waals surface area contributed by atoms with Crippen LogP contribution in [0.5, 0.6) is 0 Å². The fourth-order valence-corrected chi connectivity index (χ4v) is 4.17. The zero-order chi connectivity index (χ0) is 20.0. The van der Waals surface area contributed by atoms with Gasteiger partial charge in [-0.3, -0.25) is 4.79 Å². The van der Waals surface area contributed by atoms with E-state index in [1.165, 1.54) is 16.4 Å². The van der Waals surface area contributed by atoms with Crippen molar-refractivity contribution in [3.63, 3.8) is 0 Å². The summed E-state index contributed by atoms with van der Waals surface area (Å²) in [5.41, 5.74) is 1.18. The van der Waals surface area contributed by atoms with Gasteiger partial charge in [-0.05, 0) is 42.5 Å². The number of anilines is 2. The smallest absolute Gasteiger partial charge is 0.243 e. The van der Waals surface area contributed by atoms with Gasteiger partial charge in [0.25, 0.3) is 0 Å². The third kappa shape index (κ3) is 5.59. The van der Waals surface area contributed by atoms with E-state index in [0.29, 0.717) is 34.5 Å². The molecule has 0 saturated heterocycles. The molecule has 0 unspecified atom stereocenters. The van der Waals surface area contributed by atoms with E-state index >= 15 is 0 Å². The quantitative estimate of drug-likeness (QED) is 0.662. The number of carbonyl (C=O) groups is 1. The van der Waals surface area contributed by atoms with Crippen LogP contribution in [0.4, 0.5) is 11.4 Å². The van der Waals surface area contributed by atoms with E-state index < -0.39 is 10.0 Å². The molecule has 0 saturated carbocycles. The van der Waals surface area contributed by atoms with Gasteiger partial charge in [-0.2, -0.15) is 4.31 Å². The molecule has 0 bridgehead atoms. The van der Waals surface area contributed by atoms with Gasteiger partial charge < -0.3 is 10.6 Å². The van der Waals surface area contributed by atoms with Crippen molar-refractivity contribution in [1.82, 2.24) is 4.31 Å². The zero-order valence-corrected chi connectivity index (χ0v) is 17.3. The van der Waals surface area contributed by atoms with Crippen LogP contribution in [-0.2, 0) is 14.8 Å². The number of hydrogen-bond acceptors (Lipinski definition) is 4. The predicted molar refractivity (Wildman–Crippen MR) is 110 cm³/mol. The molecule has 0 radical (unpaired) electrons. The van der Waals surface area contributed by atoms with Crippen LogP contribution >= 0.6 is 23.2 Å². The molecular weight excluding hydrogens is 409 g/mol. The third-order valence-electron chi connectivity index (χ3n) is 3.85. The van der Waals surface area contributed by atoms with E-state index in [2.05, 4.69) is 10.6 Å². The van der Waals surface area contributed by atoms with E-state index in [9.17, 15) is 13.2 Å². The van der Waals surface area contributed by atoms with Gasteiger partial charge in [-0.25, -0.2) is 8.42 Å². The molecule has 0 aliphatic rings.